The Balaban J connectivity index is 1.61. The Labute approximate surface area is 155 Å². The van der Waals surface area contributed by atoms with E-state index in [1.807, 2.05) is 0 Å². The third kappa shape index (κ3) is 4.60. The van der Waals surface area contributed by atoms with E-state index < -0.39 is 0 Å². The third-order valence-corrected chi connectivity index (χ3v) is 3.80. The van der Waals surface area contributed by atoms with Gasteiger partial charge in [0.1, 0.15) is 17.3 Å². The lowest BCUT2D eigenvalue weighted by Crippen LogP contribution is -2.13. The summed E-state index contributed by atoms with van der Waals surface area (Å²) in [5, 5.41) is 10.6. The van der Waals surface area contributed by atoms with Crippen LogP contribution in [0.2, 0.25) is 0 Å². The largest absolute Gasteiger partial charge is 0.497 e. The molecule has 0 saturated carbocycles. The summed E-state index contributed by atoms with van der Waals surface area (Å²) < 4.78 is 28.9. The van der Waals surface area contributed by atoms with E-state index in [0.29, 0.717) is 28.6 Å². The van der Waals surface area contributed by atoms with Gasteiger partial charge in [-0.3, -0.25) is 4.79 Å². The molecule has 0 unspecified atom stereocenters. The van der Waals surface area contributed by atoms with Crippen molar-refractivity contribution in [1.29, 1.82) is 0 Å². The van der Waals surface area contributed by atoms with Crippen molar-refractivity contribution >= 4 is 11.6 Å². The van der Waals surface area contributed by atoms with Crippen molar-refractivity contribution in [1.82, 2.24) is 10.2 Å². The molecule has 0 saturated heterocycles. The number of anilines is 1. The van der Waals surface area contributed by atoms with E-state index in [1.54, 1.807) is 37.4 Å². The molecule has 1 N–H and O–H groups in total. The van der Waals surface area contributed by atoms with E-state index in [0.717, 1.165) is 0 Å². The van der Waals surface area contributed by atoms with Crippen LogP contribution in [0, 0.1) is 5.82 Å². The Bertz CT molecular complexity index is 925. The van der Waals surface area contributed by atoms with E-state index in [9.17, 15) is 9.18 Å². The topological polar surface area (TPSA) is 86.5 Å². The van der Waals surface area contributed by atoms with E-state index in [4.69, 9.17) is 13.9 Å². The SMILES string of the molecule is COc1ccc(OC)c(NC(=O)CCc2nnc(-c3ccc(F)cc3)o2)c1. The summed E-state index contributed by atoms with van der Waals surface area (Å²) in [5.41, 5.74) is 1.13. The second-order valence-electron chi connectivity index (χ2n) is 5.62. The summed E-state index contributed by atoms with van der Waals surface area (Å²) in [5.74, 6) is 1.15. The fourth-order valence-corrected chi connectivity index (χ4v) is 2.41. The number of halogens is 1. The summed E-state index contributed by atoms with van der Waals surface area (Å²) in [7, 11) is 3.06. The number of methoxy groups -OCH3 is 2. The lowest BCUT2D eigenvalue weighted by atomic mass is 10.2. The van der Waals surface area contributed by atoms with Gasteiger partial charge in [-0.05, 0) is 36.4 Å². The monoisotopic (exact) mass is 371 g/mol. The first kappa shape index (κ1) is 18.4. The molecule has 0 fully saturated rings. The van der Waals surface area contributed by atoms with Gasteiger partial charge in [-0.25, -0.2) is 4.39 Å². The number of hydrogen-bond acceptors (Lipinski definition) is 6. The van der Waals surface area contributed by atoms with Crippen molar-refractivity contribution in [3.63, 3.8) is 0 Å². The molecule has 0 aliphatic heterocycles. The fourth-order valence-electron chi connectivity index (χ4n) is 2.41. The number of amides is 1. The lowest BCUT2D eigenvalue weighted by Gasteiger charge is -2.11. The van der Waals surface area contributed by atoms with Crippen molar-refractivity contribution in [3.8, 4) is 23.0 Å². The maximum absolute atomic E-state index is 13.0. The maximum atomic E-state index is 13.0. The highest BCUT2D eigenvalue weighted by Crippen LogP contribution is 2.29. The summed E-state index contributed by atoms with van der Waals surface area (Å²) in [4.78, 5) is 12.2. The fraction of sp³-hybridized carbons (Fsp3) is 0.211. The highest BCUT2D eigenvalue weighted by Gasteiger charge is 2.13. The van der Waals surface area contributed by atoms with Gasteiger partial charge in [0.2, 0.25) is 17.7 Å². The number of carbonyl (C=O) groups is 1. The molecule has 0 atom stereocenters. The van der Waals surface area contributed by atoms with Crippen LogP contribution in [0.4, 0.5) is 10.1 Å². The molecule has 0 aliphatic rings. The second-order valence-corrected chi connectivity index (χ2v) is 5.62. The van der Waals surface area contributed by atoms with Crippen molar-refractivity contribution in [2.45, 2.75) is 12.8 Å². The second kappa shape index (κ2) is 8.31. The van der Waals surface area contributed by atoms with Gasteiger partial charge < -0.3 is 19.2 Å². The zero-order valence-electron chi connectivity index (χ0n) is 14.9. The Kier molecular flexibility index (Phi) is 5.65. The van der Waals surface area contributed by atoms with Gasteiger partial charge in [0, 0.05) is 24.5 Å². The molecule has 7 nitrogen and oxygen atoms in total. The molecular formula is C19H18FN3O4. The molecule has 1 heterocycles. The Morgan fingerprint density at radius 1 is 1.11 bits per heavy atom. The van der Waals surface area contributed by atoms with Crippen LogP contribution < -0.4 is 14.8 Å². The molecule has 2 aromatic carbocycles. The van der Waals surface area contributed by atoms with Crippen molar-refractivity contribution in [3.05, 3.63) is 54.2 Å². The van der Waals surface area contributed by atoms with E-state index in [2.05, 4.69) is 15.5 Å². The minimum Gasteiger partial charge on any atom is -0.497 e. The molecule has 1 amide bonds. The lowest BCUT2D eigenvalue weighted by molar-refractivity contribution is -0.116. The van der Waals surface area contributed by atoms with Crippen molar-refractivity contribution in [2.75, 3.05) is 19.5 Å². The highest BCUT2D eigenvalue weighted by molar-refractivity contribution is 5.92. The van der Waals surface area contributed by atoms with Crippen LogP contribution in [0.1, 0.15) is 12.3 Å². The number of carbonyl (C=O) groups excluding carboxylic acids is 1. The maximum Gasteiger partial charge on any atom is 0.247 e. The Morgan fingerprint density at radius 3 is 2.59 bits per heavy atom. The van der Waals surface area contributed by atoms with Crippen LogP contribution in [0.5, 0.6) is 11.5 Å². The summed E-state index contributed by atoms with van der Waals surface area (Å²) in [6.45, 7) is 0. The Hall–Kier alpha value is -3.42. The summed E-state index contributed by atoms with van der Waals surface area (Å²) in [6, 6.07) is 10.9. The van der Waals surface area contributed by atoms with Crippen molar-refractivity contribution in [2.24, 2.45) is 0 Å². The quantitative estimate of drug-likeness (QED) is 0.684. The van der Waals surface area contributed by atoms with Gasteiger partial charge in [-0.15, -0.1) is 10.2 Å². The standard InChI is InChI=1S/C19H18FN3O4/c1-25-14-7-8-16(26-2)15(11-14)21-17(24)9-10-18-22-23-19(27-18)12-3-5-13(20)6-4-12/h3-8,11H,9-10H2,1-2H3,(H,21,24). The first-order valence-corrected chi connectivity index (χ1v) is 8.19. The molecule has 27 heavy (non-hydrogen) atoms. The van der Waals surface area contributed by atoms with E-state index in [1.165, 1.54) is 19.2 Å². The predicted octanol–water partition coefficient (Wildman–Crippen LogP) is 3.46. The average molecular weight is 371 g/mol. The van der Waals surface area contributed by atoms with Crippen LogP contribution in [-0.2, 0) is 11.2 Å². The minimum absolute atomic E-state index is 0.144. The van der Waals surface area contributed by atoms with Gasteiger partial charge in [0.25, 0.3) is 0 Å². The number of nitrogens with one attached hydrogen (secondary N) is 1. The predicted molar refractivity (Wildman–Crippen MR) is 96.2 cm³/mol. The van der Waals surface area contributed by atoms with Crippen LogP contribution in [0.25, 0.3) is 11.5 Å². The Morgan fingerprint density at radius 2 is 1.89 bits per heavy atom. The molecule has 0 spiro atoms. The number of nitrogens with zero attached hydrogens (tertiary/aromatic N) is 2. The van der Waals surface area contributed by atoms with Gasteiger partial charge in [-0.2, -0.15) is 0 Å². The number of benzene rings is 2. The van der Waals surface area contributed by atoms with Gasteiger partial charge in [0.15, 0.2) is 0 Å². The first-order chi connectivity index (χ1) is 13.1. The summed E-state index contributed by atoms with van der Waals surface area (Å²) in [6.07, 6.45) is 0.414. The number of aryl methyl sites for hydroxylation is 1. The number of hydrogen-bond donors (Lipinski definition) is 1. The molecule has 3 aromatic rings. The molecule has 140 valence electrons. The van der Waals surface area contributed by atoms with Crippen LogP contribution in [0.15, 0.2) is 46.9 Å². The number of rotatable bonds is 7. The van der Waals surface area contributed by atoms with Gasteiger partial charge >= 0.3 is 0 Å². The molecule has 1 aromatic heterocycles. The molecule has 3 rings (SSSR count). The normalized spacial score (nSPS) is 10.5. The number of ether oxygens (including phenoxy) is 2. The van der Waals surface area contributed by atoms with Gasteiger partial charge in [0.05, 0.1) is 19.9 Å². The van der Waals surface area contributed by atoms with Crippen LogP contribution in [-0.4, -0.2) is 30.3 Å². The van der Waals surface area contributed by atoms with Crippen LogP contribution in [0.3, 0.4) is 0 Å². The highest BCUT2D eigenvalue weighted by atomic mass is 19.1. The number of aromatic nitrogens is 2. The zero-order valence-corrected chi connectivity index (χ0v) is 14.9. The molecule has 0 radical (unpaired) electrons. The van der Waals surface area contributed by atoms with E-state index in [-0.39, 0.29) is 30.5 Å². The third-order valence-electron chi connectivity index (χ3n) is 3.80. The van der Waals surface area contributed by atoms with E-state index >= 15 is 0 Å². The smallest absolute Gasteiger partial charge is 0.247 e. The van der Waals surface area contributed by atoms with Crippen molar-refractivity contribution < 1.29 is 23.1 Å². The molecular weight excluding hydrogens is 353 g/mol. The first-order valence-electron chi connectivity index (χ1n) is 8.19. The van der Waals surface area contributed by atoms with Gasteiger partial charge in [-0.1, -0.05) is 0 Å². The molecule has 0 aliphatic carbocycles. The summed E-state index contributed by atoms with van der Waals surface area (Å²) >= 11 is 0. The molecule has 0 bridgehead atoms. The molecule has 8 heteroatoms. The van der Waals surface area contributed by atoms with Crippen LogP contribution >= 0.6 is 0 Å². The zero-order chi connectivity index (χ0) is 19.2. The average Bonchev–Trinajstić information content (AvgIpc) is 3.16. The minimum atomic E-state index is -0.344.